The van der Waals surface area contributed by atoms with E-state index in [0.29, 0.717) is 30.1 Å². The van der Waals surface area contributed by atoms with Gasteiger partial charge in [0.2, 0.25) is 0 Å². The van der Waals surface area contributed by atoms with Crippen LogP contribution in [0.5, 0.6) is 0 Å². The summed E-state index contributed by atoms with van der Waals surface area (Å²) in [5.74, 6) is -1.65. The molecule has 10 heteroatoms. The minimum absolute atomic E-state index is 0.00377. The molecule has 1 aliphatic carbocycles. The zero-order valence-corrected chi connectivity index (χ0v) is 23.8. The van der Waals surface area contributed by atoms with E-state index >= 15 is 0 Å². The van der Waals surface area contributed by atoms with Gasteiger partial charge in [0.05, 0.1) is 35.8 Å². The van der Waals surface area contributed by atoms with Crippen LogP contribution in [0.25, 0.3) is 11.3 Å². The fourth-order valence-electron chi connectivity index (χ4n) is 5.78. The van der Waals surface area contributed by atoms with Gasteiger partial charge in [0.1, 0.15) is 0 Å². The summed E-state index contributed by atoms with van der Waals surface area (Å²) in [6, 6.07) is 11.9. The number of carbonyl (C=O) groups excluding carboxylic acids is 2. The lowest BCUT2D eigenvalue weighted by atomic mass is 9.96. The van der Waals surface area contributed by atoms with Crippen molar-refractivity contribution in [3.8, 4) is 11.3 Å². The average molecular weight is 581 g/mol. The van der Waals surface area contributed by atoms with Crippen molar-refractivity contribution in [2.45, 2.75) is 57.3 Å². The fraction of sp³-hybridized carbons (Fsp3) is 0.433. The largest absolute Gasteiger partial charge is 0.416 e. The van der Waals surface area contributed by atoms with Crippen LogP contribution >= 0.6 is 22.9 Å². The van der Waals surface area contributed by atoms with Crippen molar-refractivity contribution >= 4 is 45.7 Å². The minimum atomic E-state index is -1.50. The van der Waals surface area contributed by atoms with Crippen LogP contribution in [0.15, 0.2) is 41.8 Å². The SMILES string of the molecule is O=C1CCC(=O)OC2(CNCCc3c2ccc(Cl)c3NCc2ccc(-c3csc(NCC4CCCC4)n3)cc2)O1. The van der Waals surface area contributed by atoms with Crippen LogP contribution in [0.1, 0.15) is 55.2 Å². The maximum absolute atomic E-state index is 12.4. The molecule has 3 aliphatic rings. The topological polar surface area (TPSA) is 102 Å². The number of hydrogen-bond acceptors (Lipinski definition) is 9. The molecule has 0 radical (unpaired) electrons. The molecule has 6 rings (SSSR count). The first-order valence-electron chi connectivity index (χ1n) is 14.0. The van der Waals surface area contributed by atoms with Crippen molar-refractivity contribution in [1.29, 1.82) is 0 Å². The van der Waals surface area contributed by atoms with E-state index in [4.69, 9.17) is 26.1 Å². The molecule has 8 nitrogen and oxygen atoms in total. The summed E-state index contributed by atoms with van der Waals surface area (Å²) >= 11 is 8.31. The minimum Gasteiger partial charge on any atom is -0.416 e. The lowest BCUT2D eigenvalue weighted by Gasteiger charge is -2.32. The zero-order chi connectivity index (χ0) is 27.5. The van der Waals surface area contributed by atoms with Gasteiger partial charge in [-0.1, -0.05) is 48.7 Å². The Morgan fingerprint density at radius 2 is 1.75 bits per heavy atom. The molecule has 0 bridgehead atoms. The Bertz CT molecular complexity index is 1370. The Labute approximate surface area is 242 Å². The van der Waals surface area contributed by atoms with Crippen molar-refractivity contribution in [2.75, 3.05) is 30.3 Å². The molecule has 0 amide bonds. The molecule has 1 aromatic heterocycles. The first-order valence-corrected chi connectivity index (χ1v) is 15.2. The number of hydrogen-bond donors (Lipinski definition) is 3. The van der Waals surface area contributed by atoms with Crippen molar-refractivity contribution in [3.63, 3.8) is 0 Å². The summed E-state index contributed by atoms with van der Waals surface area (Å²) in [7, 11) is 0. The van der Waals surface area contributed by atoms with E-state index in [2.05, 4.69) is 45.6 Å². The van der Waals surface area contributed by atoms with Crippen molar-refractivity contribution in [3.05, 3.63) is 63.5 Å². The predicted molar refractivity (Wildman–Crippen MR) is 156 cm³/mol. The number of benzene rings is 2. The van der Waals surface area contributed by atoms with Crippen molar-refractivity contribution in [1.82, 2.24) is 10.3 Å². The summed E-state index contributed by atoms with van der Waals surface area (Å²) in [6.45, 7) is 2.36. The number of rotatable bonds is 7. The third-order valence-electron chi connectivity index (χ3n) is 7.91. The predicted octanol–water partition coefficient (Wildman–Crippen LogP) is 5.86. The van der Waals surface area contributed by atoms with Gasteiger partial charge >= 0.3 is 11.9 Å². The molecule has 210 valence electrons. The van der Waals surface area contributed by atoms with E-state index in [1.807, 2.05) is 0 Å². The molecule has 2 aliphatic heterocycles. The van der Waals surface area contributed by atoms with E-state index in [9.17, 15) is 9.59 Å². The standard InChI is InChI=1S/C30H33ClN4O4S/c31-24-10-9-23-22(13-14-32-18-30(23)38-26(36)11-12-27(37)39-30)28(24)33-15-20-5-7-21(8-6-20)25-17-40-29(35-25)34-16-19-3-1-2-4-19/h5-10,17,19,32-33H,1-4,11-16,18H2,(H,34,35). The fourth-order valence-corrected chi connectivity index (χ4v) is 6.76. The zero-order valence-electron chi connectivity index (χ0n) is 22.3. The maximum Gasteiger partial charge on any atom is 0.309 e. The molecule has 0 unspecified atom stereocenters. The van der Waals surface area contributed by atoms with Crippen LogP contribution < -0.4 is 16.0 Å². The number of carbonyl (C=O) groups is 2. The quantitative estimate of drug-likeness (QED) is 0.299. The van der Waals surface area contributed by atoms with Crippen LogP contribution in [0.2, 0.25) is 5.02 Å². The third kappa shape index (κ3) is 5.82. The number of ether oxygens (including phenoxy) is 2. The van der Waals surface area contributed by atoms with E-state index < -0.39 is 17.7 Å². The number of esters is 2. The molecule has 40 heavy (non-hydrogen) atoms. The number of nitrogens with zero attached hydrogens (tertiary/aromatic N) is 1. The Hall–Kier alpha value is -3.14. The Morgan fingerprint density at radius 3 is 2.50 bits per heavy atom. The second-order valence-corrected chi connectivity index (χ2v) is 12.0. The second-order valence-electron chi connectivity index (χ2n) is 10.7. The van der Waals surface area contributed by atoms with Crippen LogP contribution in [0.4, 0.5) is 10.8 Å². The average Bonchev–Trinajstić information content (AvgIpc) is 3.59. The number of anilines is 2. The summed E-state index contributed by atoms with van der Waals surface area (Å²) in [6.07, 6.45) is 5.96. The van der Waals surface area contributed by atoms with E-state index in [-0.39, 0.29) is 19.4 Å². The van der Waals surface area contributed by atoms with Crippen LogP contribution in [0.3, 0.4) is 0 Å². The normalized spacial score (nSPS) is 18.9. The van der Waals surface area contributed by atoms with Crippen LogP contribution in [-0.2, 0) is 37.8 Å². The number of nitrogens with one attached hydrogen (secondary N) is 3. The van der Waals surface area contributed by atoms with E-state index in [1.165, 1.54) is 25.7 Å². The molecule has 2 fully saturated rings. The molecular formula is C30H33ClN4O4S. The Balaban J connectivity index is 1.16. The lowest BCUT2D eigenvalue weighted by Crippen LogP contribution is -2.43. The van der Waals surface area contributed by atoms with E-state index in [0.717, 1.165) is 45.7 Å². The van der Waals surface area contributed by atoms with Gasteiger partial charge in [-0.05, 0) is 55.0 Å². The monoisotopic (exact) mass is 580 g/mol. The smallest absolute Gasteiger partial charge is 0.309 e. The Morgan fingerprint density at radius 1 is 1.00 bits per heavy atom. The molecular weight excluding hydrogens is 548 g/mol. The molecule has 2 aromatic carbocycles. The lowest BCUT2D eigenvalue weighted by molar-refractivity contribution is -0.225. The molecule has 0 atom stereocenters. The van der Waals surface area contributed by atoms with E-state index in [1.54, 1.807) is 23.5 Å². The number of thiazole rings is 1. The van der Waals surface area contributed by atoms with Crippen molar-refractivity contribution < 1.29 is 19.1 Å². The summed E-state index contributed by atoms with van der Waals surface area (Å²) < 4.78 is 11.5. The number of fused-ring (bicyclic) bond motifs is 2. The number of aromatic nitrogens is 1. The molecule has 3 aromatic rings. The third-order valence-corrected chi connectivity index (χ3v) is 9.03. The van der Waals surface area contributed by atoms with Gasteiger partial charge < -0.3 is 25.4 Å². The van der Waals surface area contributed by atoms with Gasteiger partial charge in [0.15, 0.2) is 5.13 Å². The van der Waals surface area contributed by atoms with Gasteiger partial charge in [-0.2, -0.15) is 0 Å². The second kappa shape index (κ2) is 11.8. The summed E-state index contributed by atoms with van der Waals surface area (Å²) in [4.78, 5) is 29.5. The molecule has 1 saturated carbocycles. The first kappa shape index (κ1) is 27.1. The van der Waals surface area contributed by atoms with Gasteiger partial charge in [0, 0.05) is 29.6 Å². The maximum atomic E-state index is 12.4. The van der Waals surface area contributed by atoms with Gasteiger partial charge in [0.25, 0.3) is 5.79 Å². The van der Waals surface area contributed by atoms with Gasteiger partial charge in [-0.15, -0.1) is 11.3 Å². The van der Waals surface area contributed by atoms with Gasteiger partial charge in [-0.25, -0.2) is 4.98 Å². The van der Waals surface area contributed by atoms with Crippen LogP contribution in [-0.4, -0.2) is 36.6 Å². The van der Waals surface area contributed by atoms with Crippen molar-refractivity contribution in [2.24, 2.45) is 5.92 Å². The molecule has 3 heterocycles. The first-order chi connectivity index (χ1) is 19.5. The van der Waals surface area contributed by atoms with Crippen LogP contribution in [0, 0.1) is 5.92 Å². The summed E-state index contributed by atoms with van der Waals surface area (Å²) in [5.41, 5.74) is 5.40. The Kier molecular flexibility index (Phi) is 7.96. The highest BCUT2D eigenvalue weighted by Gasteiger charge is 2.46. The summed E-state index contributed by atoms with van der Waals surface area (Å²) in [5, 5.41) is 13.9. The molecule has 3 N–H and O–H groups in total. The van der Waals surface area contributed by atoms with Gasteiger partial charge in [-0.3, -0.25) is 9.59 Å². The highest BCUT2D eigenvalue weighted by molar-refractivity contribution is 7.14. The highest BCUT2D eigenvalue weighted by atomic mass is 35.5. The number of halogens is 1. The highest BCUT2D eigenvalue weighted by Crippen LogP contribution is 2.40. The molecule has 1 spiro atoms. The molecule has 1 saturated heterocycles.